The molecule has 184 valence electrons. The normalized spacial score (nSPS) is 14.6. The van der Waals surface area contributed by atoms with Gasteiger partial charge in [-0.05, 0) is 42.7 Å². The summed E-state index contributed by atoms with van der Waals surface area (Å²) in [6.45, 7) is 8.52. The summed E-state index contributed by atoms with van der Waals surface area (Å²) in [7, 11) is 1.36. The number of ether oxygens (including phenoxy) is 1. The van der Waals surface area contributed by atoms with Crippen LogP contribution in [0.3, 0.4) is 0 Å². The van der Waals surface area contributed by atoms with Gasteiger partial charge in [0.2, 0.25) is 5.91 Å². The molecule has 0 atom stereocenters. The average Bonchev–Trinajstić information content (AvgIpc) is 3.24. The fraction of sp³-hybridized carbons (Fsp3) is 0.333. The Hall–Kier alpha value is -2.71. The molecule has 0 radical (unpaired) electrons. The molecular formula is C27H30ClN3O3S. The van der Waals surface area contributed by atoms with Crippen molar-refractivity contribution in [3.8, 4) is 11.1 Å². The highest BCUT2D eigenvalue weighted by Gasteiger charge is 2.25. The SMILES string of the molecule is COC(=O)c1c(-c2cc(C)ccc2C)csc1NC(=O)CN1CCN(Cc2cccc(Cl)c2)CC1. The third kappa shape index (κ3) is 6.30. The molecule has 1 fully saturated rings. The first-order valence-electron chi connectivity index (χ1n) is 11.6. The Morgan fingerprint density at radius 2 is 1.77 bits per heavy atom. The minimum absolute atomic E-state index is 0.132. The molecule has 1 saturated heterocycles. The van der Waals surface area contributed by atoms with Crippen LogP contribution >= 0.6 is 22.9 Å². The van der Waals surface area contributed by atoms with Crippen LogP contribution in [0.1, 0.15) is 27.0 Å². The molecule has 0 unspecified atom stereocenters. The van der Waals surface area contributed by atoms with Crippen molar-refractivity contribution in [2.45, 2.75) is 20.4 Å². The maximum Gasteiger partial charge on any atom is 0.341 e. The number of aryl methyl sites for hydroxylation is 2. The smallest absolute Gasteiger partial charge is 0.341 e. The number of benzene rings is 2. The molecule has 6 nitrogen and oxygen atoms in total. The van der Waals surface area contributed by atoms with Gasteiger partial charge in [-0.1, -0.05) is 47.5 Å². The van der Waals surface area contributed by atoms with Gasteiger partial charge in [0.05, 0.1) is 13.7 Å². The van der Waals surface area contributed by atoms with Crippen LogP contribution in [0, 0.1) is 13.8 Å². The third-order valence-corrected chi connectivity index (χ3v) is 7.37. The fourth-order valence-electron chi connectivity index (χ4n) is 4.35. The van der Waals surface area contributed by atoms with E-state index < -0.39 is 5.97 Å². The Bertz CT molecular complexity index is 1220. The maximum atomic E-state index is 12.9. The molecule has 1 aliphatic rings. The van der Waals surface area contributed by atoms with Gasteiger partial charge in [0.1, 0.15) is 10.6 Å². The van der Waals surface area contributed by atoms with Gasteiger partial charge >= 0.3 is 5.97 Å². The van der Waals surface area contributed by atoms with Crippen LogP contribution in [0.4, 0.5) is 5.00 Å². The number of carbonyl (C=O) groups excluding carboxylic acids is 2. The summed E-state index contributed by atoms with van der Waals surface area (Å²) in [5, 5.41) is 6.15. The Balaban J connectivity index is 1.39. The molecule has 0 aliphatic carbocycles. The van der Waals surface area contributed by atoms with Crippen molar-refractivity contribution >= 4 is 39.8 Å². The highest BCUT2D eigenvalue weighted by atomic mass is 35.5. The van der Waals surface area contributed by atoms with Crippen molar-refractivity contribution in [2.75, 3.05) is 45.2 Å². The van der Waals surface area contributed by atoms with E-state index in [-0.39, 0.29) is 12.5 Å². The van der Waals surface area contributed by atoms with Gasteiger partial charge in [0, 0.05) is 48.7 Å². The van der Waals surface area contributed by atoms with E-state index >= 15 is 0 Å². The van der Waals surface area contributed by atoms with E-state index in [0.29, 0.717) is 10.6 Å². The second-order valence-corrected chi connectivity index (χ2v) is 10.2. The number of amides is 1. The second-order valence-electron chi connectivity index (χ2n) is 8.89. The summed E-state index contributed by atoms with van der Waals surface area (Å²) >= 11 is 7.45. The predicted molar refractivity (Wildman–Crippen MR) is 142 cm³/mol. The fourth-order valence-corrected chi connectivity index (χ4v) is 5.52. The molecule has 0 spiro atoms. The third-order valence-electron chi connectivity index (χ3n) is 6.24. The van der Waals surface area contributed by atoms with E-state index in [1.807, 2.05) is 49.6 Å². The molecule has 8 heteroatoms. The molecule has 1 aliphatic heterocycles. The minimum Gasteiger partial charge on any atom is -0.465 e. The molecule has 1 aromatic heterocycles. The molecule has 1 amide bonds. The van der Waals surface area contributed by atoms with Crippen LogP contribution in [0.2, 0.25) is 5.02 Å². The van der Waals surface area contributed by atoms with Crippen LogP contribution < -0.4 is 5.32 Å². The largest absolute Gasteiger partial charge is 0.465 e. The lowest BCUT2D eigenvalue weighted by Gasteiger charge is -2.34. The quantitative estimate of drug-likeness (QED) is 0.440. The first-order valence-corrected chi connectivity index (χ1v) is 12.9. The summed E-state index contributed by atoms with van der Waals surface area (Å²) in [4.78, 5) is 30.1. The lowest BCUT2D eigenvalue weighted by molar-refractivity contribution is -0.117. The first kappa shape index (κ1) is 25.4. The van der Waals surface area contributed by atoms with Crippen LogP contribution in [0.25, 0.3) is 11.1 Å². The monoisotopic (exact) mass is 511 g/mol. The highest BCUT2D eigenvalue weighted by Crippen LogP contribution is 2.38. The molecule has 2 aromatic carbocycles. The number of piperazine rings is 1. The van der Waals surface area contributed by atoms with E-state index in [1.54, 1.807) is 0 Å². The van der Waals surface area contributed by atoms with Crippen LogP contribution in [-0.4, -0.2) is 61.5 Å². The Morgan fingerprint density at radius 3 is 2.49 bits per heavy atom. The molecule has 1 N–H and O–H groups in total. The molecule has 0 bridgehead atoms. The zero-order valence-electron chi connectivity index (χ0n) is 20.3. The number of esters is 1. The zero-order valence-corrected chi connectivity index (χ0v) is 21.8. The molecule has 4 rings (SSSR count). The van der Waals surface area contributed by atoms with Crippen LogP contribution in [0.15, 0.2) is 47.8 Å². The van der Waals surface area contributed by atoms with Gasteiger partial charge in [0.15, 0.2) is 0 Å². The number of nitrogens with zero attached hydrogens (tertiary/aromatic N) is 2. The first-order chi connectivity index (χ1) is 16.8. The Labute approximate surface area is 215 Å². The molecule has 0 saturated carbocycles. The molecule has 35 heavy (non-hydrogen) atoms. The summed E-state index contributed by atoms with van der Waals surface area (Å²) in [5.41, 5.74) is 5.52. The number of methoxy groups -OCH3 is 1. The van der Waals surface area contributed by atoms with Gasteiger partial charge in [-0.25, -0.2) is 4.79 Å². The standard InChI is InChI=1S/C27H30ClN3O3S/c1-18-7-8-19(2)22(13-18)23-17-35-26(25(23)27(33)34-3)29-24(32)16-31-11-9-30(10-12-31)15-20-5-4-6-21(28)14-20/h4-8,13-14,17H,9-12,15-16H2,1-3H3,(H,29,32). The van der Waals surface area contributed by atoms with Gasteiger partial charge in [-0.15, -0.1) is 11.3 Å². The highest BCUT2D eigenvalue weighted by molar-refractivity contribution is 7.15. The minimum atomic E-state index is -0.452. The lowest BCUT2D eigenvalue weighted by atomic mass is 9.97. The summed E-state index contributed by atoms with van der Waals surface area (Å²) < 4.78 is 5.06. The van der Waals surface area contributed by atoms with Gasteiger partial charge in [0.25, 0.3) is 0 Å². The topological polar surface area (TPSA) is 61.9 Å². The predicted octanol–water partition coefficient (Wildman–Crippen LogP) is 5.23. The van der Waals surface area contributed by atoms with Crippen molar-refractivity contribution in [3.63, 3.8) is 0 Å². The molecule has 3 aromatic rings. The maximum absolute atomic E-state index is 12.9. The number of nitrogens with one attached hydrogen (secondary N) is 1. The molecular weight excluding hydrogens is 482 g/mol. The van der Waals surface area contributed by atoms with E-state index in [2.05, 4.69) is 27.2 Å². The number of thiophene rings is 1. The van der Waals surface area contributed by atoms with E-state index in [1.165, 1.54) is 24.0 Å². The van der Waals surface area contributed by atoms with Crippen molar-refractivity contribution < 1.29 is 14.3 Å². The van der Waals surface area contributed by atoms with Gasteiger partial charge in [-0.2, -0.15) is 0 Å². The van der Waals surface area contributed by atoms with Gasteiger partial charge < -0.3 is 10.1 Å². The average molecular weight is 512 g/mol. The van der Waals surface area contributed by atoms with E-state index in [0.717, 1.165) is 60.0 Å². The van der Waals surface area contributed by atoms with E-state index in [4.69, 9.17) is 16.3 Å². The second kappa shape index (κ2) is 11.4. The van der Waals surface area contributed by atoms with Crippen molar-refractivity contribution in [1.82, 2.24) is 9.80 Å². The van der Waals surface area contributed by atoms with Crippen molar-refractivity contribution in [3.05, 3.63) is 75.1 Å². The summed E-state index contributed by atoms with van der Waals surface area (Å²) in [6, 6.07) is 14.1. The van der Waals surface area contributed by atoms with Crippen molar-refractivity contribution in [1.29, 1.82) is 0 Å². The number of hydrogen-bond acceptors (Lipinski definition) is 6. The lowest BCUT2D eigenvalue weighted by Crippen LogP contribution is -2.48. The Kier molecular flexibility index (Phi) is 8.23. The Morgan fingerprint density at radius 1 is 1.03 bits per heavy atom. The van der Waals surface area contributed by atoms with E-state index in [9.17, 15) is 9.59 Å². The molecule has 2 heterocycles. The van der Waals surface area contributed by atoms with Crippen LogP contribution in [-0.2, 0) is 16.1 Å². The number of rotatable bonds is 7. The number of halogens is 1. The number of carbonyl (C=O) groups is 2. The number of anilines is 1. The zero-order chi connectivity index (χ0) is 24.9. The summed E-state index contributed by atoms with van der Waals surface area (Å²) in [6.07, 6.45) is 0. The number of hydrogen-bond donors (Lipinski definition) is 1. The van der Waals surface area contributed by atoms with Crippen LogP contribution in [0.5, 0.6) is 0 Å². The van der Waals surface area contributed by atoms with Crippen molar-refractivity contribution in [2.24, 2.45) is 0 Å². The van der Waals surface area contributed by atoms with Gasteiger partial charge in [-0.3, -0.25) is 14.6 Å². The summed E-state index contributed by atoms with van der Waals surface area (Å²) in [5.74, 6) is -0.583.